The third-order valence-corrected chi connectivity index (χ3v) is 4.12. The Morgan fingerprint density at radius 2 is 2.08 bits per heavy atom. The summed E-state index contributed by atoms with van der Waals surface area (Å²) in [5, 5.41) is 8.45. The van der Waals surface area contributed by atoms with Crippen molar-refractivity contribution in [2.75, 3.05) is 6.54 Å². The Labute approximate surface area is 138 Å². The van der Waals surface area contributed by atoms with Crippen LogP contribution in [0.3, 0.4) is 0 Å². The predicted molar refractivity (Wildman–Crippen MR) is 86.8 cm³/mol. The second-order valence-corrected chi connectivity index (χ2v) is 5.79. The van der Waals surface area contributed by atoms with Crippen molar-refractivity contribution in [3.8, 4) is 28.5 Å². The first-order valence-electron chi connectivity index (χ1n) is 7.66. The van der Waals surface area contributed by atoms with Gasteiger partial charge in [-0.1, -0.05) is 0 Å². The summed E-state index contributed by atoms with van der Waals surface area (Å²) in [7, 11) is 1.89. The minimum Gasteiger partial charge on any atom is -0.488 e. The van der Waals surface area contributed by atoms with E-state index in [1.165, 1.54) is 12.1 Å². The second-order valence-electron chi connectivity index (χ2n) is 5.79. The molecule has 0 spiro atoms. The number of hydrogen-bond donors (Lipinski definition) is 1. The van der Waals surface area contributed by atoms with E-state index >= 15 is 0 Å². The minimum absolute atomic E-state index is 0.125. The molecule has 0 aliphatic carbocycles. The van der Waals surface area contributed by atoms with Crippen LogP contribution in [-0.4, -0.2) is 32.4 Å². The van der Waals surface area contributed by atoms with Crippen LogP contribution in [0.2, 0.25) is 0 Å². The van der Waals surface area contributed by atoms with Gasteiger partial charge in [0.1, 0.15) is 23.4 Å². The third kappa shape index (κ3) is 2.43. The van der Waals surface area contributed by atoms with E-state index in [9.17, 15) is 4.39 Å². The van der Waals surface area contributed by atoms with Crippen LogP contribution in [0.5, 0.6) is 5.75 Å². The highest BCUT2D eigenvalue weighted by Gasteiger charge is 2.26. The number of nitrogens with two attached hydrogens (primary N) is 1. The molecule has 1 aromatic carbocycles. The highest BCUT2D eigenvalue weighted by molar-refractivity contribution is 5.71. The molecule has 1 aliphatic heterocycles. The monoisotopic (exact) mass is 325 g/mol. The standard InChI is InChI=1S/C17H16FN5O/c1-23-5-4-20-17(23)15-3-2-14(21-22-15)13-8-11(18)6-10-7-12(9-19)24-16(10)13/h2-6,8,12H,7,9,19H2,1H3/t12-/m0/s1. The van der Waals surface area contributed by atoms with Gasteiger partial charge in [-0.15, -0.1) is 10.2 Å². The molecular weight excluding hydrogens is 309 g/mol. The van der Waals surface area contributed by atoms with Gasteiger partial charge < -0.3 is 15.0 Å². The fourth-order valence-electron chi connectivity index (χ4n) is 2.92. The predicted octanol–water partition coefficient (Wildman–Crippen LogP) is 1.95. The van der Waals surface area contributed by atoms with Crippen LogP contribution in [0.1, 0.15) is 5.56 Å². The Balaban J connectivity index is 1.74. The van der Waals surface area contributed by atoms with E-state index in [4.69, 9.17) is 10.5 Å². The van der Waals surface area contributed by atoms with Crippen LogP contribution in [-0.2, 0) is 13.5 Å². The highest BCUT2D eigenvalue weighted by atomic mass is 19.1. The molecule has 1 atom stereocenters. The molecule has 24 heavy (non-hydrogen) atoms. The van der Waals surface area contributed by atoms with E-state index in [0.29, 0.717) is 35.7 Å². The van der Waals surface area contributed by atoms with E-state index in [2.05, 4.69) is 15.2 Å². The molecule has 0 unspecified atom stereocenters. The molecule has 0 saturated carbocycles. The molecule has 3 heterocycles. The normalized spacial score (nSPS) is 16.0. The van der Waals surface area contributed by atoms with Gasteiger partial charge in [0.25, 0.3) is 0 Å². The first-order chi connectivity index (χ1) is 11.7. The average molecular weight is 325 g/mol. The fourth-order valence-corrected chi connectivity index (χ4v) is 2.92. The summed E-state index contributed by atoms with van der Waals surface area (Å²) in [4.78, 5) is 4.24. The van der Waals surface area contributed by atoms with Gasteiger partial charge in [-0.3, -0.25) is 0 Å². The summed E-state index contributed by atoms with van der Waals surface area (Å²) >= 11 is 0. The lowest BCUT2D eigenvalue weighted by molar-refractivity contribution is 0.242. The Kier molecular flexibility index (Phi) is 3.50. The average Bonchev–Trinajstić information content (AvgIpc) is 3.20. The molecule has 3 aromatic rings. The van der Waals surface area contributed by atoms with E-state index < -0.39 is 0 Å². The van der Waals surface area contributed by atoms with E-state index in [0.717, 1.165) is 11.4 Å². The molecule has 0 radical (unpaired) electrons. The van der Waals surface area contributed by atoms with Gasteiger partial charge in [-0.25, -0.2) is 9.37 Å². The number of imidazole rings is 1. The smallest absolute Gasteiger partial charge is 0.160 e. The van der Waals surface area contributed by atoms with Gasteiger partial charge in [0, 0.05) is 43.5 Å². The lowest BCUT2D eigenvalue weighted by Gasteiger charge is -2.10. The number of benzene rings is 1. The quantitative estimate of drug-likeness (QED) is 0.796. The zero-order chi connectivity index (χ0) is 16.7. The van der Waals surface area contributed by atoms with E-state index in [1.54, 1.807) is 12.3 Å². The Morgan fingerprint density at radius 3 is 2.75 bits per heavy atom. The number of rotatable bonds is 3. The molecular formula is C17H16FN5O. The highest BCUT2D eigenvalue weighted by Crippen LogP contribution is 2.38. The lowest BCUT2D eigenvalue weighted by Crippen LogP contribution is -2.24. The second kappa shape index (κ2) is 5.68. The van der Waals surface area contributed by atoms with Crippen molar-refractivity contribution in [2.24, 2.45) is 12.8 Å². The van der Waals surface area contributed by atoms with Crippen molar-refractivity contribution < 1.29 is 9.13 Å². The van der Waals surface area contributed by atoms with Gasteiger partial charge in [-0.05, 0) is 24.3 Å². The largest absolute Gasteiger partial charge is 0.488 e. The van der Waals surface area contributed by atoms with Crippen LogP contribution in [0, 0.1) is 5.82 Å². The van der Waals surface area contributed by atoms with Crippen LogP contribution in [0.15, 0.2) is 36.7 Å². The summed E-state index contributed by atoms with van der Waals surface area (Å²) in [5.41, 5.74) is 8.29. The van der Waals surface area contributed by atoms with Crippen molar-refractivity contribution in [1.29, 1.82) is 0 Å². The number of hydrogen-bond acceptors (Lipinski definition) is 5. The van der Waals surface area contributed by atoms with E-state index in [-0.39, 0.29) is 11.9 Å². The Hall–Kier alpha value is -2.80. The summed E-state index contributed by atoms with van der Waals surface area (Å²) in [6, 6.07) is 6.52. The number of aromatic nitrogens is 4. The summed E-state index contributed by atoms with van der Waals surface area (Å²) in [5.74, 6) is 1.05. The van der Waals surface area contributed by atoms with Crippen LogP contribution in [0.25, 0.3) is 22.8 Å². The SMILES string of the molecule is Cn1ccnc1-c1ccc(-c2cc(F)cc3c2O[C@H](CN)C3)nn1. The number of aryl methyl sites for hydroxylation is 1. The molecule has 4 rings (SSSR count). The number of nitrogens with zero attached hydrogens (tertiary/aromatic N) is 4. The van der Waals surface area contributed by atoms with Crippen molar-refractivity contribution in [1.82, 2.24) is 19.7 Å². The van der Waals surface area contributed by atoms with Gasteiger partial charge in [-0.2, -0.15) is 0 Å². The first kappa shape index (κ1) is 14.8. The zero-order valence-electron chi connectivity index (χ0n) is 13.1. The number of ether oxygens (including phenoxy) is 1. The molecule has 6 nitrogen and oxygen atoms in total. The van der Waals surface area contributed by atoms with Crippen molar-refractivity contribution in [3.05, 3.63) is 48.0 Å². The van der Waals surface area contributed by atoms with Crippen molar-refractivity contribution in [3.63, 3.8) is 0 Å². The summed E-state index contributed by atoms with van der Waals surface area (Å²) < 4.78 is 21.6. The van der Waals surface area contributed by atoms with Gasteiger partial charge in [0.15, 0.2) is 5.82 Å². The maximum atomic E-state index is 13.9. The maximum absolute atomic E-state index is 13.9. The van der Waals surface area contributed by atoms with Gasteiger partial charge >= 0.3 is 0 Å². The number of halogens is 1. The van der Waals surface area contributed by atoms with E-state index in [1.807, 2.05) is 23.9 Å². The lowest BCUT2D eigenvalue weighted by atomic mass is 10.0. The van der Waals surface area contributed by atoms with Crippen LogP contribution in [0.4, 0.5) is 4.39 Å². The third-order valence-electron chi connectivity index (χ3n) is 4.12. The Bertz CT molecular complexity index is 890. The van der Waals surface area contributed by atoms with Gasteiger partial charge in [0.2, 0.25) is 0 Å². The molecule has 2 N–H and O–H groups in total. The molecule has 0 saturated heterocycles. The Morgan fingerprint density at radius 1 is 1.29 bits per heavy atom. The number of fused-ring (bicyclic) bond motifs is 1. The molecule has 0 amide bonds. The fraction of sp³-hybridized carbons (Fsp3) is 0.235. The minimum atomic E-state index is -0.319. The summed E-state index contributed by atoms with van der Waals surface area (Å²) in [6.07, 6.45) is 4.02. The van der Waals surface area contributed by atoms with Crippen molar-refractivity contribution in [2.45, 2.75) is 12.5 Å². The molecule has 122 valence electrons. The molecule has 0 fully saturated rings. The maximum Gasteiger partial charge on any atom is 0.160 e. The molecule has 1 aliphatic rings. The molecule has 0 bridgehead atoms. The molecule has 7 heteroatoms. The zero-order valence-corrected chi connectivity index (χ0v) is 13.1. The van der Waals surface area contributed by atoms with Crippen LogP contribution >= 0.6 is 0 Å². The first-order valence-corrected chi connectivity index (χ1v) is 7.66. The van der Waals surface area contributed by atoms with Crippen molar-refractivity contribution >= 4 is 0 Å². The molecule has 2 aromatic heterocycles. The summed E-state index contributed by atoms with van der Waals surface area (Å²) in [6.45, 7) is 0.388. The van der Waals surface area contributed by atoms with Gasteiger partial charge in [0.05, 0.1) is 5.69 Å². The van der Waals surface area contributed by atoms with Crippen LogP contribution < -0.4 is 10.5 Å². The topological polar surface area (TPSA) is 78.9 Å².